The summed E-state index contributed by atoms with van der Waals surface area (Å²) in [6.07, 6.45) is 5.17. The zero-order valence-corrected chi connectivity index (χ0v) is 12.0. The van der Waals surface area contributed by atoms with Gasteiger partial charge in [-0.05, 0) is 12.0 Å². The number of hydrogen-bond acceptors (Lipinski definition) is 3. The Hall–Kier alpha value is -1.65. The zero-order chi connectivity index (χ0) is 13.8. The minimum atomic E-state index is 0.544. The maximum atomic E-state index is 4.24. The largest absolute Gasteiger partial charge is 0.311 e. The van der Waals surface area contributed by atoms with E-state index in [1.807, 2.05) is 17.9 Å². The van der Waals surface area contributed by atoms with Gasteiger partial charge in [0.1, 0.15) is 0 Å². The van der Waals surface area contributed by atoms with Crippen molar-refractivity contribution >= 4 is 0 Å². The monoisotopic (exact) mass is 270 g/mol. The van der Waals surface area contributed by atoms with Gasteiger partial charge in [0.25, 0.3) is 0 Å². The Kier molecular flexibility index (Phi) is 4.14. The fraction of sp³-hybridized carbons (Fsp3) is 0.438. The number of hydrogen-bond donors (Lipinski definition) is 1. The molecule has 0 radical (unpaired) electrons. The van der Waals surface area contributed by atoms with Gasteiger partial charge in [-0.15, -0.1) is 0 Å². The van der Waals surface area contributed by atoms with Crippen LogP contribution in [0.1, 0.15) is 11.1 Å². The first kappa shape index (κ1) is 13.3. The van der Waals surface area contributed by atoms with Crippen LogP contribution in [-0.4, -0.2) is 40.4 Å². The van der Waals surface area contributed by atoms with E-state index < -0.39 is 0 Å². The second-order valence-corrected chi connectivity index (χ2v) is 5.60. The molecule has 1 aliphatic heterocycles. The maximum Gasteiger partial charge on any atom is 0.0534 e. The van der Waals surface area contributed by atoms with Crippen molar-refractivity contribution < 1.29 is 0 Å². The highest BCUT2D eigenvalue weighted by molar-refractivity contribution is 5.16. The van der Waals surface area contributed by atoms with Crippen LogP contribution < -0.4 is 5.32 Å². The zero-order valence-electron chi connectivity index (χ0n) is 12.0. The van der Waals surface area contributed by atoms with Crippen LogP contribution in [0.4, 0.5) is 0 Å². The first-order valence-corrected chi connectivity index (χ1v) is 7.27. The van der Waals surface area contributed by atoms with Crippen molar-refractivity contribution in [3.05, 3.63) is 53.9 Å². The fourth-order valence-electron chi connectivity index (χ4n) is 2.88. The molecule has 4 heteroatoms. The number of aryl methyl sites for hydroxylation is 1. The standard InChI is InChI=1S/C16H22N4/c1-19-11-15(10-18-19)12-20-8-7-17-16(13-20)9-14-5-3-2-4-6-14/h2-6,10-11,16-17H,7-9,12-13H2,1H3. The number of piperazine rings is 1. The first-order chi connectivity index (χ1) is 9.79. The molecule has 0 spiro atoms. The second-order valence-electron chi connectivity index (χ2n) is 5.60. The summed E-state index contributed by atoms with van der Waals surface area (Å²) in [5.41, 5.74) is 2.71. The van der Waals surface area contributed by atoms with Crippen LogP contribution >= 0.6 is 0 Å². The number of nitrogens with one attached hydrogen (secondary N) is 1. The molecule has 3 rings (SSSR count). The summed E-state index contributed by atoms with van der Waals surface area (Å²) >= 11 is 0. The molecule has 0 bridgehead atoms. The van der Waals surface area contributed by atoms with Crippen molar-refractivity contribution in [1.29, 1.82) is 0 Å². The van der Waals surface area contributed by atoms with Crippen LogP contribution in [0.3, 0.4) is 0 Å². The van der Waals surface area contributed by atoms with Gasteiger partial charge in [-0.25, -0.2) is 0 Å². The minimum Gasteiger partial charge on any atom is -0.311 e. The molecule has 1 aliphatic rings. The van der Waals surface area contributed by atoms with Gasteiger partial charge < -0.3 is 5.32 Å². The van der Waals surface area contributed by atoms with Crippen molar-refractivity contribution in [2.45, 2.75) is 19.0 Å². The van der Waals surface area contributed by atoms with E-state index in [1.54, 1.807) is 0 Å². The van der Waals surface area contributed by atoms with E-state index in [0.29, 0.717) is 6.04 Å². The molecule has 2 aromatic rings. The predicted octanol–water partition coefficient (Wildman–Crippen LogP) is 1.44. The molecule has 0 aliphatic carbocycles. The predicted molar refractivity (Wildman–Crippen MR) is 80.4 cm³/mol. The average Bonchev–Trinajstić information content (AvgIpc) is 2.86. The lowest BCUT2D eigenvalue weighted by Crippen LogP contribution is -2.51. The summed E-state index contributed by atoms with van der Waals surface area (Å²) in [6, 6.07) is 11.3. The van der Waals surface area contributed by atoms with Crippen LogP contribution in [0.15, 0.2) is 42.7 Å². The van der Waals surface area contributed by atoms with Crippen molar-refractivity contribution in [3.8, 4) is 0 Å². The van der Waals surface area contributed by atoms with E-state index >= 15 is 0 Å². The summed E-state index contributed by atoms with van der Waals surface area (Å²) in [5.74, 6) is 0. The average molecular weight is 270 g/mol. The molecule has 4 nitrogen and oxygen atoms in total. The first-order valence-electron chi connectivity index (χ1n) is 7.27. The van der Waals surface area contributed by atoms with Gasteiger partial charge in [-0.1, -0.05) is 30.3 Å². The molecule has 20 heavy (non-hydrogen) atoms. The molecular formula is C16H22N4. The third-order valence-corrected chi connectivity index (χ3v) is 3.83. The molecule has 1 fully saturated rings. The van der Waals surface area contributed by atoms with Gasteiger partial charge in [0.2, 0.25) is 0 Å². The molecule has 1 unspecified atom stereocenters. The Morgan fingerprint density at radius 3 is 2.85 bits per heavy atom. The molecule has 1 N–H and O–H groups in total. The molecule has 1 saturated heterocycles. The summed E-state index contributed by atoms with van der Waals surface area (Å²) < 4.78 is 1.87. The molecule has 1 aromatic carbocycles. The molecule has 1 aromatic heterocycles. The van der Waals surface area contributed by atoms with Crippen LogP contribution in [0.25, 0.3) is 0 Å². The Labute approximate surface area is 120 Å². The van der Waals surface area contributed by atoms with E-state index in [1.165, 1.54) is 11.1 Å². The van der Waals surface area contributed by atoms with Crippen molar-refractivity contribution in [3.63, 3.8) is 0 Å². The van der Waals surface area contributed by atoms with Crippen LogP contribution in [-0.2, 0) is 20.0 Å². The van der Waals surface area contributed by atoms with E-state index in [-0.39, 0.29) is 0 Å². The van der Waals surface area contributed by atoms with Gasteiger partial charge in [0, 0.05) is 51.0 Å². The quantitative estimate of drug-likeness (QED) is 0.912. The lowest BCUT2D eigenvalue weighted by molar-refractivity contribution is 0.192. The third-order valence-electron chi connectivity index (χ3n) is 3.83. The number of rotatable bonds is 4. The van der Waals surface area contributed by atoms with Gasteiger partial charge in [0.15, 0.2) is 0 Å². The lowest BCUT2D eigenvalue weighted by atomic mass is 10.0. The fourth-order valence-corrected chi connectivity index (χ4v) is 2.88. The summed E-state index contributed by atoms with van der Waals surface area (Å²) in [4.78, 5) is 2.51. The van der Waals surface area contributed by atoms with Crippen molar-refractivity contribution in [2.75, 3.05) is 19.6 Å². The van der Waals surface area contributed by atoms with Gasteiger partial charge in [-0.2, -0.15) is 5.10 Å². The van der Waals surface area contributed by atoms with Gasteiger partial charge in [-0.3, -0.25) is 9.58 Å². The SMILES string of the molecule is Cn1cc(CN2CCNC(Cc3ccccc3)C2)cn1. The molecule has 2 heterocycles. The molecule has 1 atom stereocenters. The Bertz CT molecular complexity index is 534. The summed E-state index contributed by atoms with van der Waals surface area (Å²) in [5, 5.41) is 7.87. The van der Waals surface area contributed by atoms with Crippen LogP contribution in [0.5, 0.6) is 0 Å². The summed E-state index contributed by atoms with van der Waals surface area (Å²) in [7, 11) is 1.97. The highest BCUT2D eigenvalue weighted by Gasteiger charge is 2.19. The number of nitrogens with zero attached hydrogens (tertiary/aromatic N) is 3. The molecular weight excluding hydrogens is 248 g/mol. The lowest BCUT2D eigenvalue weighted by Gasteiger charge is -2.33. The van der Waals surface area contributed by atoms with Crippen LogP contribution in [0.2, 0.25) is 0 Å². The van der Waals surface area contributed by atoms with E-state index in [4.69, 9.17) is 0 Å². The highest BCUT2D eigenvalue weighted by Crippen LogP contribution is 2.10. The van der Waals surface area contributed by atoms with Crippen molar-refractivity contribution in [2.24, 2.45) is 7.05 Å². The molecule has 0 amide bonds. The Balaban J connectivity index is 1.56. The second kappa shape index (κ2) is 6.20. The smallest absolute Gasteiger partial charge is 0.0534 e. The van der Waals surface area contributed by atoms with Gasteiger partial charge >= 0.3 is 0 Å². The van der Waals surface area contributed by atoms with E-state index in [0.717, 1.165) is 32.6 Å². The Morgan fingerprint density at radius 1 is 1.25 bits per heavy atom. The van der Waals surface area contributed by atoms with E-state index in [2.05, 4.69) is 51.8 Å². The number of aromatic nitrogens is 2. The summed E-state index contributed by atoms with van der Waals surface area (Å²) in [6.45, 7) is 4.28. The third kappa shape index (κ3) is 3.46. The molecule has 0 saturated carbocycles. The van der Waals surface area contributed by atoms with Crippen molar-refractivity contribution in [1.82, 2.24) is 20.0 Å². The maximum absolute atomic E-state index is 4.24. The topological polar surface area (TPSA) is 33.1 Å². The van der Waals surface area contributed by atoms with Gasteiger partial charge in [0.05, 0.1) is 6.20 Å². The molecule has 106 valence electrons. The Morgan fingerprint density at radius 2 is 2.10 bits per heavy atom. The van der Waals surface area contributed by atoms with Crippen LogP contribution in [0, 0.1) is 0 Å². The highest BCUT2D eigenvalue weighted by atomic mass is 15.3. The number of benzene rings is 1. The minimum absolute atomic E-state index is 0.544. The van der Waals surface area contributed by atoms with E-state index in [9.17, 15) is 0 Å². The normalized spacial score (nSPS) is 20.1.